The van der Waals surface area contributed by atoms with Crippen molar-refractivity contribution in [2.75, 3.05) is 0 Å². The molecular weight excluding hydrogens is 408 g/mol. The van der Waals surface area contributed by atoms with Gasteiger partial charge in [0.1, 0.15) is 0 Å². The number of fused-ring (bicyclic) bond motifs is 2. The topological polar surface area (TPSA) is 0 Å². The number of rotatable bonds is 3. The second-order valence-corrected chi connectivity index (χ2v) is 9.78. The van der Waals surface area contributed by atoms with Crippen LogP contribution in [0.25, 0.3) is 22.8 Å². The van der Waals surface area contributed by atoms with E-state index in [1.165, 1.54) is 55.0 Å². The molecule has 0 spiro atoms. The van der Waals surface area contributed by atoms with E-state index in [9.17, 15) is 0 Å². The van der Waals surface area contributed by atoms with E-state index >= 15 is 0 Å². The second kappa shape index (κ2) is 8.61. The van der Waals surface area contributed by atoms with Crippen molar-refractivity contribution in [2.24, 2.45) is 5.92 Å². The van der Waals surface area contributed by atoms with Gasteiger partial charge < -0.3 is 0 Å². The first-order chi connectivity index (χ1) is 16.7. The Morgan fingerprint density at radius 1 is 0.794 bits per heavy atom. The van der Waals surface area contributed by atoms with Gasteiger partial charge in [-0.1, -0.05) is 109 Å². The highest BCUT2D eigenvalue weighted by Crippen LogP contribution is 2.39. The molecule has 0 saturated heterocycles. The van der Waals surface area contributed by atoms with E-state index < -0.39 is 0 Å². The van der Waals surface area contributed by atoms with Crippen molar-refractivity contribution in [1.29, 1.82) is 0 Å². The van der Waals surface area contributed by atoms with Crippen LogP contribution in [0.2, 0.25) is 0 Å². The van der Waals surface area contributed by atoms with Crippen molar-refractivity contribution in [3.05, 3.63) is 141 Å². The van der Waals surface area contributed by atoms with Gasteiger partial charge in [-0.3, -0.25) is 0 Å². The van der Waals surface area contributed by atoms with E-state index in [4.69, 9.17) is 0 Å². The summed E-state index contributed by atoms with van der Waals surface area (Å²) in [6.07, 6.45) is 18.6. The average Bonchev–Trinajstić information content (AvgIpc) is 2.88. The molecule has 0 fully saturated rings. The molecule has 0 N–H and O–H groups in total. The number of aryl methyl sites for hydroxylation is 2. The first-order valence-electron chi connectivity index (χ1n) is 12.4. The van der Waals surface area contributed by atoms with Crippen LogP contribution >= 0.6 is 0 Å². The lowest BCUT2D eigenvalue weighted by atomic mass is 9.75. The van der Waals surface area contributed by atoms with Crippen molar-refractivity contribution in [3.63, 3.8) is 0 Å². The number of benzene rings is 3. The monoisotopic (exact) mass is 438 g/mol. The van der Waals surface area contributed by atoms with Crippen LogP contribution in [0.15, 0.2) is 114 Å². The zero-order valence-electron chi connectivity index (χ0n) is 20.0. The summed E-state index contributed by atoms with van der Waals surface area (Å²) in [5, 5.41) is 2.74. The van der Waals surface area contributed by atoms with Crippen LogP contribution < -0.4 is 10.4 Å². The van der Waals surface area contributed by atoms with Crippen molar-refractivity contribution in [1.82, 2.24) is 0 Å². The third-order valence-corrected chi connectivity index (χ3v) is 7.66. The minimum absolute atomic E-state index is 0.416. The van der Waals surface area contributed by atoms with E-state index in [0.717, 1.165) is 12.8 Å². The van der Waals surface area contributed by atoms with Crippen molar-refractivity contribution in [3.8, 4) is 11.1 Å². The Labute approximate surface area is 202 Å². The lowest BCUT2D eigenvalue weighted by Gasteiger charge is -2.29. The lowest BCUT2D eigenvalue weighted by molar-refractivity contribution is 0.794. The summed E-state index contributed by atoms with van der Waals surface area (Å²) >= 11 is 0. The fourth-order valence-electron chi connectivity index (χ4n) is 5.77. The zero-order chi connectivity index (χ0) is 23.1. The molecule has 3 aromatic carbocycles. The molecule has 3 aliphatic carbocycles. The molecule has 34 heavy (non-hydrogen) atoms. The highest BCUT2D eigenvalue weighted by atomic mass is 14.3. The maximum absolute atomic E-state index is 2.48. The van der Waals surface area contributed by atoms with Crippen LogP contribution in [0.5, 0.6) is 0 Å². The summed E-state index contributed by atoms with van der Waals surface area (Å²) < 4.78 is 0. The predicted octanol–water partition coefficient (Wildman–Crippen LogP) is 7.09. The Morgan fingerprint density at radius 3 is 2.47 bits per heavy atom. The highest BCUT2D eigenvalue weighted by Gasteiger charge is 2.25. The second-order valence-electron chi connectivity index (χ2n) is 9.78. The Bertz CT molecular complexity index is 1520. The molecule has 0 aromatic heterocycles. The van der Waals surface area contributed by atoms with E-state index in [1.54, 1.807) is 0 Å². The Hall–Kier alpha value is -3.64. The van der Waals surface area contributed by atoms with Crippen LogP contribution in [0.3, 0.4) is 0 Å². The van der Waals surface area contributed by atoms with Crippen molar-refractivity contribution < 1.29 is 0 Å². The first-order valence-corrected chi connectivity index (χ1v) is 12.4. The molecule has 3 aliphatic rings. The molecular formula is C34H30. The Balaban J connectivity index is 1.36. The van der Waals surface area contributed by atoms with Crippen LogP contribution in [-0.4, -0.2) is 0 Å². The molecule has 2 atom stereocenters. The molecule has 0 nitrogen and oxygen atoms in total. The number of hydrogen-bond acceptors (Lipinski definition) is 0. The van der Waals surface area contributed by atoms with E-state index in [1.807, 2.05) is 0 Å². The maximum atomic E-state index is 2.48. The van der Waals surface area contributed by atoms with Crippen molar-refractivity contribution >= 4 is 11.6 Å². The van der Waals surface area contributed by atoms with Gasteiger partial charge in [0.25, 0.3) is 0 Å². The van der Waals surface area contributed by atoms with Crippen LogP contribution in [-0.2, 0) is 0 Å². The molecule has 2 unspecified atom stereocenters. The fraction of sp³-hybridized carbons (Fsp3) is 0.176. The Kier molecular flexibility index (Phi) is 5.30. The molecule has 3 aromatic rings. The van der Waals surface area contributed by atoms with Gasteiger partial charge in [0, 0.05) is 11.8 Å². The number of allylic oxidation sites excluding steroid dienone is 8. The molecule has 166 valence electrons. The standard InChI is InChI=1S/C34H30/c1-23-9-3-6-12-30(23)33-22-27(16-15-24(33)2)25-17-19-26(20-18-25)34-31-13-7-4-10-28(31)21-29-11-5-8-14-32(29)34/h3-13,15-17,19-22,25,32H,14,18H2,1-2H3. The molecule has 0 heteroatoms. The molecule has 0 aliphatic heterocycles. The smallest absolute Gasteiger partial charge is 0.0136 e. The summed E-state index contributed by atoms with van der Waals surface area (Å²) in [4.78, 5) is 0. The summed E-state index contributed by atoms with van der Waals surface area (Å²) in [6, 6.07) is 24.6. The van der Waals surface area contributed by atoms with Crippen LogP contribution in [0, 0.1) is 19.8 Å². The van der Waals surface area contributed by atoms with Gasteiger partial charge in [-0.25, -0.2) is 0 Å². The summed E-state index contributed by atoms with van der Waals surface area (Å²) in [5.41, 5.74) is 11.1. The van der Waals surface area contributed by atoms with E-state index in [-0.39, 0.29) is 0 Å². The van der Waals surface area contributed by atoms with E-state index in [0.29, 0.717) is 11.8 Å². The molecule has 0 radical (unpaired) electrons. The normalized spacial score (nSPS) is 20.7. The lowest BCUT2D eigenvalue weighted by Crippen LogP contribution is -2.34. The predicted molar refractivity (Wildman–Crippen MR) is 145 cm³/mol. The summed E-state index contributed by atoms with van der Waals surface area (Å²) in [5.74, 6) is 0.874. The third kappa shape index (κ3) is 3.64. The minimum Gasteiger partial charge on any atom is -0.0836 e. The number of hydrogen-bond donors (Lipinski definition) is 0. The maximum Gasteiger partial charge on any atom is 0.0136 e. The Morgan fingerprint density at radius 2 is 1.62 bits per heavy atom. The van der Waals surface area contributed by atoms with Crippen molar-refractivity contribution in [2.45, 2.75) is 32.6 Å². The molecule has 6 rings (SSSR count). The van der Waals surface area contributed by atoms with Gasteiger partial charge in [0.15, 0.2) is 0 Å². The average molecular weight is 439 g/mol. The quantitative estimate of drug-likeness (QED) is 0.410. The molecule has 0 heterocycles. The molecule has 0 saturated carbocycles. The SMILES string of the molecule is Cc1ccccc1-c1cc(C2C=CC(C3=c4ccccc4=CC4=CC=CCC43)=CC2)ccc1C. The minimum atomic E-state index is 0.416. The summed E-state index contributed by atoms with van der Waals surface area (Å²) in [7, 11) is 0. The zero-order valence-corrected chi connectivity index (χ0v) is 20.0. The van der Waals surface area contributed by atoms with Gasteiger partial charge in [0.2, 0.25) is 0 Å². The van der Waals surface area contributed by atoms with Gasteiger partial charge in [-0.15, -0.1) is 0 Å². The van der Waals surface area contributed by atoms with Gasteiger partial charge in [0.05, 0.1) is 0 Å². The highest BCUT2D eigenvalue weighted by molar-refractivity contribution is 5.79. The van der Waals surface area contributed by atoms with Gasteiger partial charge >= 0.3 is 0 Å². The molecule has 0 amide bonds. The van der Waals surface area contributed by atoms with Crippen LogP contribution in [0.1, 0.15) is 35.4 Å². The summed E-state index contributed by atoms with van der Waals surface area (Å²) in [6.45, 7) is 4.43. The van der Waals surface area contributed by atoms with Gasteiger partial charge in [-0.05, 0) is 81.7 Å². The van der Waals surface area contributed by atoms with Gasteiger partial charge in [-0.2, -0.15) is 0 Å². The first kappa shape index (κ1) is 20.9. The van der Waals surface area contributed by atoms with E-state index in [2.05, 4.69) is 123 Å². The third-order valence-electron chi connectivity index (χ3n) is 7.66. The van der Waals surface area contributed by atoms with Crippen LogP contribution in [0.4, 0.5) is 0 Å². The molecule has 0 bridgehead atoms. The largest absolute Gasteiger partial charge is 0.0836 e. The fourth-order valence-corrected chi connectivity index (χ4v) is 5.77.